The van der Waals surface area contributed by atoms with Crippen molar-refractivity contribution >= 4 is 13.5 Å². The minimum atomic E-state index is -0.0238. The van der Waals surface area contributed by atoms with Crippen LogP contribution in [0.3, 0.4) is 0 Å². The lowest BCUT2D eigenvalue weighted by Crippen LogP contribution is -2.38. The van der Waals surface area contributed by atoms with Gasteiger partial charge in [-0.05, 0) is 84.9 Å². The molecule has 0 radical (unpaired) electrons. The molecule has 0 amide bonds. The predicted octanol–water partition coefficient (Wildman–Crippen LogP) is 10.6. The number of hydrogen-bond donors (Lipinski definition) is 0. The van der Waals surface area contributed by atoms with Gasteiger partial charge in [-0.15, -0.1) is 0 Å². The number of aryl methyl sites for hydroxylation is 2. The summed E-state index contributed by atoms with van der Waals surface area (Å²) >= 11 is 0. The SMILES string of the molecule is CCCc1ccc(C2=CC=CCC2(CCC)P(C2CCCCC2)C2CCCCC2)c(CCC)c1. The fourth-order valence-electron chi connectivity index (χ4n) is 7.60. The molecule has 1 aromatic rings. The van der Waals surface area contributed by atoms with Crippen LogP contribution in [0, 0.1) is 0 Å². The first-order valence-corrected chi connectivity index (χ1v) is 16.5. The molecule has 34 heavy (non-hydrogen) atoms. The van der Waals surface area contributed by atoms with Gasteiger partial charge in [0.15, 0.2) is 0 Å². The standard InChI is InChI=1S/C33H51P/c1-4-15-27-22-23-31(28(26-27)16-5-2)32-21-13-14-25-33(32,24-6-3)34(29-17-9-7-10-18-29)30-19-11-8-12-20-30/h13-14,21-23,26,29-30H,4-12,15-20,24-25H2,1-3H3. The van der Waals surface area contributed by atoms with Crippen LogP contribution in [0.4, 0.5) is 0 Å². The van der Waals surface area contributed by atoms with E-state index in [-0.39, 0.29) is 7.92 Å². The second-order valence-electron chi connectivity index (χ2n) is 11.5. The van der Waals surface area contributed by atoms with Crippen molar-refractivity contribution in [3.63, 3.8) is 0 Å². The summed E-state index contributed by atoms with van der Waals surface area (Å²) in [5.74, 6) is 0. The third kappa shape index (κ3) is 5.75. The Morgan fingerprint density at radius 3 is 2.03 bits per heavy atom. The Morgan fingerprint density at radius 2 is 1.44 bits per heavy atom. The Hall–Kier alpha value is -0.870. The Labute approximate surface area is 212 Å². The van der Waals surface area contributed by atoms with Crippen molar-refractivity contribution in [3.8, 4) is 0 Å². The van der Waals surface area contributed by atoms with Gasteiger partial charge < -0.3 is 0 Å². The average Bonchev–Trinajstić information content (AvgIpc) is 2.87. The molecule has 0 bridgehead atoms. The number of benzene rings is 1. The highest BCUT2D eigenvalue weighted by atomic mass is 31.1. The summed E-state index contributed by atoms with van der Waals surface area (Å²) in [4.78, 5) is 0. The van der Waals surface area contributed by atoms with Gasteiger partial charge in [-0.3, -0.25) is 0 Å². The van der Waals surface area contributed by atoms with E-state index in [1.54, 1.807) is 22.3 Å². The minimum absolute atomic E-state index is 0.0238. The molecule has 4 rings (SSSR count). The summed E-state index contributed by atoms with van der Waals surface area (Å²) in [6.07, 6.45) is 31.5. The van der Waals surface area contributed by atoms with Crippen LogP contribution < -0.4 is 0 Å². The maximum absolute atomic E-state index is 2.59. The molecule has 188 valence electrons. The molecule has 2 fully saturated rings. The Bertz CT molecular complexity index is 803. The molecule has 3 aliphatic carbocycles. The molecular weight excluding hydrogens is 427 g/mol. The molecule has 1 aromatic carbocycles. The van der Waals surface area contributed by atoms with Gasteiger partial charge in [-0.25, -0.2) is 0 Å². The molecule has 0 saturated heterocycles. The predicted molar refractivity (Wildman–Crippen MR) is 154 cm³/mol. The minimum Gasteiger partial charge on any atom is -0.0891 e. The van der Waals surface area contributed by atoms with Crippen LogP contribution in [0.15, 0.2) is 36.4 Å². The topological polar surface area (TPSA) is 0 Å². The maximum Gasteiger partial charge on any atom is 0.0200 e. The highest BCUT2D eigenvalue weighted by Crippen LogP contribution is 2.70. The summed E-state index contributed by atoms with van der Waals surface area (Å²) in [5, 5.41) is 0.400. The van der Waals surface area contributed by atoms with Crippen LogP contribution in [0.2, 0.25) is 0 Å². The smallest absolute Gasteiger partial charge is 0.0200 e. The first kappa shape index (κ1) is 26.2. The highest BCUT2D eigenvalue weighted by molar-refractivity contribution is 7.61. The number of rotatable bonds is 10. The summed E-state index contributed by atoms with van der Waals surface area (Å²) in [6, 6.07) is 7.61. The molecule has 1 unspecified atom stereocenters. The van der Waals surface area contributed by atoms with E-state index in [4.69, 9.17) is 0 Å². The van der Waals surface area contributed by atoms with Crippen molar-refractivity contribution in [2.24, 2.45) is 0 Å². The van der Waals surface area contributed by atoms with Crippen molar-refractivity contribution < 1.29 is 0 Å². The quantitative estimate of drug-likeness (QED) is 0.293. The largest absolute Gasteiger partial charge is 0.0891 e. The average molecular weight is 479 g/mol. The van der Waals surface area contributed by atoms with E-state index in [0.717, 1.165) is 11.3 Å². The van der Waals surface area contributed by atoms with E-state index in [1.807, 2.05) is 0 Å². The molecule has 0 aliphatic heterocycles. The molecule has 0 nitrogen and oxygen atoms in total. The molecular formula is C33H51P. The lowest BCUT2D eigenvalue weighted by Gasteiger charge is -2.53. The summed E-state index contributed by atoms with van der Waals surface area (Å²) in [5.41, 5.74) is 8.57. The lowest BCUT2D eigenvalue weighted by molar-refractivity contribution is 0.471. The fourth-order valence-corrected chi connectivity index (χ4v) is 12.7. The van der Waals surface area contributed by atoms with Gasteiger partial charge in [0.25, 0.3) is 0 Å². The summed E-state index contributed by atoms with van der Waals surface area (Å²) in [6.45, 7) is 7.14. The zero-order valence-corrected chi connectivity index (χ0v) is 23.5. The van der Waals surface area contributed by atoms with E-state index < -0.39 is 0 Å². The van der Waals surface area contributed by atoms with Crippen LogP contribution in [0.5, 0.6) is 0 Å². The molecule has 0 heterocycles. The van der Waals surface area contributed by atoms with Crippen molar-refractivity contribution in [3.05, 3.63) is 53.1 Å². The van der Waals surface area contributed by atoms with E-state index in [1.165, 1.54) is 109 Å². The van der Waals surface area contributed by atoms with Gasteiger partial charge in [0.1, 0.15) is 0 Å². The maximum atomic E-state index is 2.59. The zero-order valence-electron chi connectivity index (χ0n) is 22.6. The van der Waals surface area contributed by atoms with Crippen LogP contribution >= 0.6 is 7.92 Å². The third-order valence-corrected chi connectivity index (χ3v) is 13.2. The second kappa shape index (κ2) is 12.9. The van der Waals surface area contributed by atoms with Crippen LogP contribution in [0.1, 0.15) is 134 Å². The number of allylic oxidation sites excluding steroid dienone is 4. The van der Waals surface area contributed by atoms with Crippen molar-refractivity contribution in [2.75, 3.05) is 0 Å². The summed E-state index contributed by atoms with van der Waals surface area (Å²) < 4.78 is 0. The zero-order chi connectivity index (χ0) is 23.8. The summed E-state index contributed by atoms with van der Waals surface area (Å²) in [7, 11) is -0.0238. The van der Waals surface area contributed by atoms with E-state index in [9.17, 15) is 0 Å². The Balaban J connectivity index is 1.82. The first-order chi connectivity index (χ1) is 16.7. The van der Waals surface area contributed by atoms with Gasteiger partial charge >= 0.3 is 0 Å². The highest BCUT2D eigenvalue weighted by Gasteiger charge is 2.48. The van der Waals surface area contributed by atoms with Gasteiger partial charge in [-0.1, -0.05) is 123 Å². The first-order valence-electron chi connectivity index (χ1n) is 15.0. The van der Waals surface area contributed by atoms with Crippen LogP contribution in [0.25, 0.3) is 5.57 Å². The second-order valence-corrected chi connectivity index (χ2v) is 14.6. The normalized spacial score (nSPS) is 24.5. The third-order valence-electron chi connectivity index (χ3n) is 8.97. The van der Waals surface area contributed by atoms with Gasteiger partial charge in [0.05, 0.1) is 0 Å². The molecule has 1 heteroatoms. The van der Waals surface area contributed by atoms with Crippen LogP contribution in [-0.4, -0.2) is 16.5 Å². The molecule has 0 N–H and O–H groups in total. The van der Waals surface area contributed by atoms with Gasteiger partial charge in [-0.2, -0.15) is 0 Å². The lowest BCUT2D eigenvalue weighted by atomic mass is 9.80. The molecule has 3 aliphatic rings. The van der Waals surface area contributed by atoms with Gasteiger partial charge in [0, 0.05) is 5.16 Å². The number of hydrogen-bond acceptors (Lipinski definition) is 0. The fraction of sp³-hybridized carbons (Fsp3) is 0.697. The van der Waals surface area contributed by atoms with Crippen LogP contribution in [-0.2, 0) is 12.8 Å². The van der Waals surface area contributed by atoms with Crippen molar-refractivity contribution in [1.82, 2.24) is 0 Å². The molecule has 1 atom stereocenters. The molecule has 0 spiro atoms. The van der Waals surface area contributed by atoms with E-state index in [2.05, 4.69) is 57.2 Å². The van der Waals surface area contributed by atoms with E-state index >= 15 is 0 Å². The van der Waals surface area contributed by atoms with E-state index in [0.29, 0.717) is 5.16 Å². The Kier molecular flexibility index (Phi) is 9.94. The monoisotopic (exact) mass is 478 g/mol. The van der Waals surface area contributed by atoms with Crippen molar-refractivity contribution in [1.29, 1.82) is 0 Å². The molecule has 0 aromatic heterocycles. The van der Waals surface area contributed by atoms with Crippen molar-refractivity contribution in [2.45, 2.75) is 146 Å². The van der Waals surface area contributed by atoms with Gasteiger partial charge in [0.2, 0.25) is 0 Å². The Morgan fingerprint density at radius 1 is 0.794 bits per heavy atom. The molecule has 2 saturated carbocycles.